The Balaban J connectivity index is 2.54. The van der Waals surface area contributed by atoms with Crippen molar-refractivity contribution in [1.29, 1.82) is 0 Å². The molecule has 0 radical (unpaired) electrons. The average molecular weight is 267 g/mol. The maximum atomic E-state index is 13.5. The first-order chi connectivity index (χ1) is 9.06. The van der Waals surface area contributed by atoms with Gasteiger partial charge in [-0.2, -0.15) is 0 Å². The molecule has 0 aliphatic rings. The van der Waals surface area contributed by atoms with Crippen LogP contribution in [0.3, 0.4) is 0 Å². The van der Waals surface area contributed by atoms with Gasteiger partial charge in [0.2, 0.25) is 0 Å². The third kappa shape index (κ3) is 5.09. The molecule has 0 bridgehead atoms. The van der Waals surface area contributed by atoms with Crippen LogP contribution in [-0.2, 0) is 0 Å². The van der Waals surface area contributed by atoms with Crippen LogP contribution in [0.15, 0.2) is 24.3 Å². The number of carbonyl (C=O) groups excluding carboxylic acids is 1. The molecule has 0 heterocycles. The second-order valence-corrected chi connectivity index (χ2v) is 4.86. The van der Waals surface area contributed by atoms with Crippen molar-refractivity contribution in [3.8, 4) is 0 Å². The maximum absolute atomic E-state index is 13.5. The minimum Gasteiger partial charge on any atom is -0.396 e. The Morgan fingerprint density at radius 2 is 2.00 bits per heavy atom. The number of nitrogens with zero attached hydrogens (tertiary/aromatic N) is 1. The molecule has 0 atom stereocenters. The molecule has 0 spiro atoms. The molecule has 106 valence electrons. The van der Waals surface area contributed by atoms with Crippen LogP contribution < -0.4 is 0 Å². The van der Waals surface area contributed by atoms with Gasteiger partial charge >= 0.3 is 0 Å². The van der Waals surface area contributed by atoms with E-state index < -0.39 is 5.82 Å². The summed E-state index contributed by atoms with van der Waals surface area (Å²) in [5, 5.41) is 8.85. The number of halogens is 1. The van der Waals surface area contributed by atoms with E-state index in [1.54, 1.807) is 12.1 Å². The van der Waals surface area contributed by atoms with Crippen LogP contribution in [0.1, 0.15) is 37.0 Å². The van der Waals surface area contributed by atoms with Crippen LogP contribution in [0.4, 0.5) is 4.39 Å². The number of aliphatic hydroxyl groups excluding tert-OH is 1. The van der Waals surface area contributed by atoms with Crippen LogP contribution in [0.25, 0.3) is 0 Å². The minimum absolute atomic E-state index is 0.143. The van der Waals surface area contributed by atoms with Crippen molar-refractivity contribution in [1.82, 2.24) is 4.90 Å². The highest BCUT2D eigenvalue weighted by molar-refractivity contribution is 5.96. The fourth-order valence-electron chi connectivity index (χ4n) is 1.97. The topological polar surface area (TPSA) is 40.5 Å². The van der Waals surface area contributed by atoms with Gasteiger partial charge in [0.1, 0.15) is 5.82 Å². The first-order valence-corrected chi connectivity index (χ1v) is 6.69. The summed E-state index contributed by atoms with van der Waals surface area (Å²) in [6.07, 6.45) is 0.983. The maximum Gasteiger partial charge on any atom is 0.167 e. The predicted octanol–water partition coefficient (Wildman–Crippen LogP) is 2.49. The molecule has 1 aromatic rings. The Morgan fingerprint density at radius 3 is 2.58 bits per heavy atom. The number of rotatable bonds is 8. The van der Waals surface area contributed by atoms with Crippen LogP contribution in [0, 0.1) is 5.82 Å². The van der Waals surface area contributed by atoms with Gasteiger partial charge in [0.05, 0.1) is 5.56 Å². The molecule has 0 unspecified atom stereocenters. The average Bonchev–Trinajstić information content (AvgIpc) is 2.38. The zero-order chi connectivity index (χ0) is 14.3. The van der Waals surface area contributed by atoms with E-state index in [2.05, 4.69) is 4.90 Å². The van der Waals surface area contributed by atoms with E-state index in [9.17, 15) is 9.18 Å². The van der Waals surface area contributed by atoms with Crippen molar-refractivity contribution >= 4 is 5.78 Å². The van der Waals surface area contributed by atoms with Crippen LogP contribution in [0.5, 0.6) is 0 Å². The molecule has 0 saturated carbocycles. The number of Topliss-reactive ketones (excluding diaryl/α,β-unsaturated/α-hetero) is 1. The second kappa shape index (κ2) is 8.02. The SMILES string of the molecule is CC(C)N(CCCO)CCC(=O)c1ccccc1F. The first-order valence-electron chi connectivity index (χ1n) is 6.69. The van der Waals surface area contributed by atoms with E-state index >= 15 is 0 Å². The quantitative estimate of drug-likeness (QED) is 0.736. The second-order valence-electron chi connectivity index (χ2n) is 4.86. The predicted molar refractivity (Wildman–Crippen MR) is 73.8 cm³/mol. The molecule has 1 rings (SSSR count). The van der Waals surface area contributed by atoms with Gasteiger partial charge in [-0.3, -0.25) is 4.79 Å². The fourth-order valence-corrected chi connectivity index (χ4v) is 1.97. The zero-order valence-electron chi connectivity index (χ0n) is 11.6. The van der Waals surface area contributed by atoms with E-state index in [0.29, 0.717) is 25.4 Å². The normalized spacial score (nSPS) is 11.3. The van der Waals surface area contributed by atoms with E-state index in [0.717, 1.165) is 6.54 Å². The molecule has 0 aliphatic heterocycles. The third-order valence-electron chi connectivity index (χ3n) is 3.13. The van der Waals surface area contributed by atoms with E-state index in [1.165, 1.54) is 12.1 Å². The van der Waals surface area contributed by atoms with Crippen molar-refractivity contribution in [3.05, 3.63) is 35.6 Å². The molecule has 0 aliphatic carbocycles. The van der Waals surface area contributed by atoms with Crippen molar-refractivity contribution in [3.63, 3.8) is 0 Å². The smallest absolute Gasteiger partial charge is 0.167 e. The largest absolute Gasteiger partial charge is 0.396 e. The summed E-state index contributed by atoms with van der Waals surface area (Å²) < 4.78 is 13.5. The van der Waals surface area contributed by atoms with Crippen LogP contribution in [-0.4, -0.2) is 41.5 Å². The van der Waals surface area contributed by atoms with Crippen LogP contribution >= 0.6 is 0 Å². The summed E-state index contributed by atoms with van der Waals surface area (Å²) in [4.78, 5) is 14.1. The van der Waals surface area contributed by atoms with Gasteiger partial charge in [-0.05, 0) is 32.4 Å². The van der Waals surface area contributed by atoms with E-state index in [1.807, 2.05) is 13.8 Å². The summed E-state index contributed by atoms with van der Waals surface area (Å²) in [5.41, 5.74) is 0.161. The van der Waals surface area contributed by atoms with Crippen LogP contribution in [0.2, 0.25) is 0 Å². The van der Waals surface area contributed by atoms with Crippen molar-refractivity contribution in [2.24, 2.45) is 0 Å². The Hall–Kier alpha value is -1.26. The monoisotopic (exact) mass is 267 g/mol. The lowest BCUT2D eigenvalue weighted by Gasteiger charge is -2.25. The Kier molecular flexibility index (Phi) is 6.67. The van der Waals surface area contributed by atoms with Crippen molar-refractivity contribution in [2.45, 2.75) is 32.7 Å². The lowest BCUT2D eigenvalue weighted by atomic mass is 10.1. The molecule has 19 heavy (non-hydrogen) atoms. The van der Waals surface area contributed by atoms with Gasteiger partial charge in [-0.15, -0.1) is 0 Å². The molecule has 3 nitrogen and oxygen atoms in total. The Morgan fingerprint density at radius 1 is 1.32 bits per heavy atom. The molecule has 0 fully saturated rings. The molecular weight excluding hydrogens is 245 g/mol. The molecular formula is C15H22FNO2. The van der Waals surface area contributed by atoms with E-state index in [-0.39, 0.29) is 18.0 Å². The van der Waals surface area contributed by atoms with Gasteiger partial charge in [0.15, 0.2) is 5.78 Å². The highest BCUT2D eigenvalue weighted by Gasteiger charge is 2.14. The number of hydrogen-bond acceptors (Lipinski definition) is 3. The third-order valence-corrected chi connectivity index (χ3v) is 3.13. The van der Waals surface area contributed by atoms with Crippen molar-refractivity contribution in [2.75, 3.05) is 19.7 Å². The number of aliphatic hydroxyl groups is 1. The summed E-state index contributed by atoms with van der Waals surface area (Å²) in [5.74, 6) is -0.633. The molecule has 1 aromatic carbocycles. The summed E-state index contributed by atoms with van der Waals surface area (Å²) in [7, 11) is 0. The molecule has 1 N–H and O–H groups in total. The Bertz CT molecular complexity index is 407. The molecule has 4 heteroatoms. The highest BCUT2D eigenvalue weighted by atomic mass is 19.1. The zero-order valence-corrected chi connectivity index (χ0v) is 11.6. The molecule has 0 aromatic heterocycles. The number of hydrogen-bond donors (Lipinski definition) is 1. The van der Waals surface area contributed by atoms with E-state index in [4.69, 9.17) is 5.11 Å². The fraction of sp³-hybridized carbons (Fsp3) is 0.533. The standard InChI is InChI=1S/C15H22FNO2/c1-12(2)17(9-5-11-18)10-8-15(19)13-6-3-4-7-14(13)16/h3-4,6-7,12,18H,5,8-11H2,1-2H3. The molecule has 0 saturated heterocycles. The Labute approximate surface area is 114 Å². The highest BCUT2D eigenvalue weighted by Crippen LogP contribution is 2.10. The summed E-state index contributed by atoms with van der Waals surface area (Å²) in [6, 6.07) is 6.38. The van der Waals surface area contributed by atoms with Gasteiger partial charge in [-0.25, -0.2) is 4.39 Å². The lowest BCUT2D eigenvalue weighted by Crippen LogP contribution is -2.34. The van der Waals surface area contributed by atoms with Crippen molar-refractivity contribution < 1.29 is 14.3 Å². The first kappa shape index (κ1) is 15.8. The van der Waals surface area contributed by atoms with Gasteiger partial charge in [-0.1, -0.05) is 12.1 Å². The van der Waals surface area contributed by atoms with Gasteiger partial charge in [0.25, 0.3) is 0 Å². The van der Waals surface area contributed by atoms with Gasteiger partial charge < -0.3 is 10.0 Å². The summed E-state index contributed by atoms with van der Waals surface area (Å²) in [6.45, 7) is 5.57. The van der Waals surface area contributed by atoms with Gasteiger partial charge in [0, 0.05) is 32.2 Å². The molecule has 0 amide bonds. The number of carbonyl (C=O) groups is 1. The summed E-state index contributed by atoms with van der Waals surface area (Å²) >= 11 is 0. The number of benzene rings is 1. The minimum atomic E-state index is -0.459. The number of ketones is 1. The lowest BCUT2D eigenvalue weighted by molar-refractivity contribution is 0.0949.